The van der Waals surface area contributed by atoms with Crippen molar-refractivity contribution in [2.24, 2.45) is 0 Å². The van der Waals surface area contributed by atoms with Gasteiger partial charge in [0.15, 0.2) is 6.10 Å². The van der Waals surface area contributed by atoms with Gasteiger partial charge >= 0.3 is 0 Å². The maximum atomic E-state index is 12.4. The van der Waals surface area contributed by atoms with Crippen molar-refractivity contribution in [3.63, 3.8) is 0 Å². The summed E-state index contributed by atoms with van der Waals surface area (Å²) >= 11 is 0. The molecular weight excluding hydrogens is 384 g/mol. The molecule has 7 heteroatoms. The summed E-state index contributed by atoms with van der Waals surface area (Å²) in [6.07, 6.45) is -0.712. The predicted octanol–water partition coefficient (Wildman–Crippen LogP) is 2.71. The fourth-order valence-corrected chi connectivity index (χ4v) is 2.67. The van der Waals surface area contributed by atoms with Crippen LogP contribution < -0.4 is 20.5 Å². The Morgan fingerprint density at radius 1 is 0.833 bits per heavy atom. The molecule has 0 aliphatic carbocycles. The molecule has 0 aliphatic heterocycles. The molecule has 2 N–H and O–H groups in total. The van der Waals surface area contributed by atoms with Crippen molar-refractivity contribution < 1.29 is 24.2 Å². The minimum Gasteiger partial charge on any atom is -0.545 e. The van der Waals surface area contributed by atoms with E-state index in [4.69, 9.17) is 4.74 Å². The van der Waals surface area contributed by atoms with Crippen molar-refractivity contribution in [2.45, 2.75) is 13.0 Å². The molecule has 0 aromatic heterocycles. The average Bonchev–Trinajstić information content (AvgIpc) is 2.75. The number of carbonyl (C=O) groups excluding carboxylic acids is 3. The van der Waals surface area contributed by atoms with E-state index >= 15 is 0 Å². The summed E-state index contributed by atoms with van der Waals surface area (Å²) in [5, 5.41) is 16.4. The van der Waals surface area contributed by atoms with Crippen LogP contribution in [-0.2, 0) is 4.79 Å². The number of rotatable bonds is 7. The zero-order valence-electron chi connectivity index (χ0n) is 16.1. The first kappa shape index (κ1) is 20.6. The second kappa shape index (κ2) is 9.38. The number of carboxylic acid groups (broad SMARTS) is 1. The molecule has 30 heavy (non-hydrogen) atoms. The maximum absolute atomic E-state index is 12.4. The monoisotopic (exact) mass is 403 g/mol. The van der Waals surface area contributed by atoms with Gasteiger partial charge in [-0.15, -0.1) is 0 Å². The van der Waals surface area contributed by atoms with E-state index in [2.05, 4.69) is 10.6 Å². The van der Waals surface area contributed by atoms with E-state index in [-0.39, 0.29) is 17.2 Å². The molecule has 0 aliphatic rings. The highest BCUT2D eigenvalue weighted by Gasteiger charge is 2.15. The Morgan fingerprint density at radius 2 is 1.47 bits per heavy atom. The molecule has 0 unspecified atom stereocenters. The molecule has 0 bridgehead atoms. The number of hydrogen-bond donors (Lipinski definition) is 2. The molecule has 0 spiro atoms. The van der Waals surface area contributed by atoms with Gasteiger partial charge in [0.05, 0.1) is 11.7 Å². The summed E-state index contributed by atoms with van der Waals surface area (Å²) < 4.78 is 5.58. The minimum atomic E-state index is -1.38. The lowest BCUT2D eigenvalue weighted by molar-refractivity contribution is -0.254. The first-order valence-corrected chi connectivity index (χ1v) is 9.18. The van der Waals surface area contributed by atoms with E-state index in [0.717, 1.165) is 0 Å². The molecule has 1 atom stereocenters. The number of aromatic carboxylic acids is 1. The average molecular weight is 403 g/mol. The number of para-hydroxylation sites is 2. The predicted molar refractivity (Wildman–Crippen MR) is 110 cm³/mol. The molecule has 0 saturated carbocycles. The Morgan fingerprint density at radius 3 is 2.13 bits per heavy atom. The highest BCUT2D eigenvalue weighted by molar-refractivity contribution is 6.07. The highest BCUT2D eigenvalue weighted by Crippen LogP contribution is 2.17. The second-order valence-electron chi connectivity index (χ2n) is 6.43. The summed E-state index contributed by atoms with van der Waals surface area (Å²) in [5.41, 5.74) is 0.832. The fraction of sp³-hybridized carbons (Fsp3) is 0.0870. The highest BCUT2D eigenvalue weighted by atomic mass is 16.5. The summed E-state index contributed by atoms with van der Waals surface area (Å²) in [5.74, 6) is -1.61. The number of amides is 2. The van der Waals surface area contributed by atoms with Crippen LogP contribution in [0.15, 0.2) is 78.9 Å². The zero-order chi connectivity index (χ0) is 21.5. The Labute approximate surface area is 173 Å². The number of carboxylic acids is 1. The van der Waals surface area contributed by atoms with Gasteiger partial charge in [-0.2, -0.15) is 0 Å². The fourth-order valence-electron chi connectivity index (χ4n) is 2.67. The van der Waals surface area contributed by atoms with Crippen LogP contribution in [0.25, 0.3) is 0 Å². The molecule has 0 fully saturated rings. The van der Waals surface area contributed by atoms with Crippen molar-refractivity contribution in [3.8, 4) is 5.75 Å². The van der Waals surface area contributed by atoms with Crippen LogP contribution in [0.5, 0.6) is 5.75 Å². The summed E-state index contributed by atoms with van der Waals surface area (Å²) in [4.78, 5) is 35.8. The molecule has 0 saturated heterocycles. The van der Waals surface area contributed by atoms with Gasteiger partial charge in [-0.1, -0.05) is 36.4 Å². The van der Waals surface area contributed by atoms with Gasteiger partial charge in [0.2, 0.25) is 0 Å². The van der Waals surface area contributed by atoms with E-state index in [0.29, 0.717) is 17.0 Å². The SMILES string of the molecule is C[C@@H](Oc1ccccc1)C(=O)Nc1ccc(C(=O)Nc2ccccc2C(=O)[O-])cc1. The van der Waals surface area contributed by atoms with Crippen LogP contribution in [0.2, 0.25) is 0 Å². The number of anilines is 2. The number of nitrogens with one attached hydrogen (secondary N) is 2. The van der Waals surface area contributed by atoms with Crippen LogP contribution in [-0.4, -0.2) is 23.9 Å². The molecule has 3 rings (SSSR count). The smallest absolute Gasteiger partial charge is 0.265 e. The molecular formula is C23H19N2O5-. The standard InChI is InChI=1S/C23H20N2O5/c1-15(30-18-7-3-2-4-8-18)21(26)24-17-13-11-16(12-14-17)22(27)25-20-10-6-5-9-19(20)23(28)29/h2-15H,1H3,(H,24,26)(H,25,27)(H,28,29)/p-1/t15-/m1/s1. The Kier molecular flexibility index (Phi) is 6.44. The molecule has 3 aromatic carbocycles. The van der Waals surface area contributed by atoms with Gasteiger partial charge in [0.25, 0.3) is 11.8 Å². The van der Waals surface area contributed by atoms with Crippen LogP contribution in [0.4, 0.5) is 11.4 Å². The lowest BCUT2D eigenvalue weighted by atomic mass is 10.1. The van der Waals surface area contributed by atoms with Gasteiger partial charge < -0.3 is 25.3 Å². The first-order chi connectivity index (χ1) is 14.4. The zero-order valence-corrected chi connectivity index (χ0v) is 16.1. The van der Waals surface area contributed by atoms with Gasteiger partial charge in [-0.25, -0.2) is 0 Å². The largest absolute Gasteiger partial charge is 0.545 e. The summed E-state index contributed by atoms with van der Waals surface area (Å²) in [6, 6.07) is 21.2. The number of hydrogen-bond acceptors (Lipinski definition) is 5. The molecule has 7 nitrogen and oxygen atoms in total. The molecule has 0 radical (unpaired) electrons. The van der Waals surface area contributed by atoms with E-state index < -0.39 is 18.0 Å². The van der Waals surface area contributed by atoms with Gasteiger partial charge in [-0.05, 0) is 49.4 Å². The van der Waals surface area contributed by atoms with E-state index in [9.17, 15) is 19.5 Å². The molecule has 2 amide bonds. The lowest BCUT2D eigenvalue weighted by Crippen LogP contribution is -2.30. The Balaban J connectivity index is 1.61. The maximum Gasteiger partial charge on any atom is 0.265 e. The van der Waals surface area contributed by atoms with Crippen molar-refractivity contribution >= 4 is 29.2 Å². The second-order valence-corrected chi connectivity index (χ2v) is 6.43. The van der Waals surface area contributed by atoms with Crippen LogP contribution in [0, 0.1) is 0 Å². The van der Waals surface area contributed by atoms with Crippen molar-refractivity contribution in [2.75, 3.05) is 10.6 Å². The van der Waals surface area contributed by atoms with Gasteiger partial charge in [-0.3, -0.25) is 9.59 Å². The normalized spacial score (nSPS) is 11.2. The van der Waals surface area contributed by atoms with Gasteiger partial charge in [0, 0.05) is 16.8 Å². The topological polar surface area (TPSA) is 108 Å². The van der Waals surface area contributed by atoms with Gasteiger partial charge in [0.1, 0.15) is 5.75 Å². The van der Waals surface area contributed by atoms with Crippen molar-refractivity contribution in [3.05, 3.63) is 90.0 Å². The first-order valence-electron chi connectivity index (χ1n) is 9.18. The van der Waals surface area contributed by atoms with Crippen molar-refractivity contribution in [1.82, 2.24) is 0 Å². The molecule has 152 valence electrons. The summed E-state index contributed by atoms with van der Waals surface area (Å²) in [6.45, 7) is 1.64. The minimum absolute atomic E-state index is 0.109. The van der Waals surface area contributed by atoms with Crippen LogP contribution in [0.1, 0.15) is 27.6 Å². The number of ether oxygens (including phenoxy) is 1. The van der Waals surface area contributed by atoms with Crippen LogP contribution in [0.3, 0.4) is 0 Å². The third-order valence-corrected chi connectivity index (χ3v) is 4.24. The lowest BCUT2D eigenvalue weighted by Gasteiger charge is -2.15. The quantitative estimate of drug-likeness (QED) is 0.631. The number of benzene rings is 3. The van der Waals surface area contributed by atoms with E-state index in [1.54, 1.807) is 43.3 Å². The molecule has 0 heterocycles. The van der Waals surface area contributed by atoms with E-state index in [1.807, 2.05) is 18.2 Å². The third kappa shape index (κ3) is 5.23. The third-order valence-electron chi connectivity index (χ3n) is 4.24. The molecule has 3 aromatic rings. The number of carbonyl (C=O) groups is 3. The Bertz CT molecular complexity index is 1050. The van der Waals surface area contributed by atoms with Crippen molar-refractivity contribution in [1.29, 1.82) is 0 Å². The summed E-state index contributed by atoms with van der Waals surface area (Å²) in [7, 11) is 0. The Hall–Kier alpha value is -4.13. The van der Waals surface area contributed by atoms with Crippen LogP contribution >= 0.6 is 0 Å². The van der Waals surface area contributed by atoms with E-state index in [1.165, 1.54) is 24.3 Å².